The smallest absolute Gasteiger partial charge is 0.184 e. The minimum Gasteiger partial charge on any atom is -0.382 e. The van der Waals surface area contributed by atoms with Gasteiger partial charge in [0.2, 0.25) is 0 Å². The minimum absolute atomic E-state index is 0.0246. The number of ether oxygens (including phenoxy) is 1. The Bertz CT molecular complexity index is 506. The van der Waals surface area contributed by atoms with Crippen molar-refractivity contribution in [3.63, 3.8) is 0 Å². The van der Waals surface area contributed by atoms with E-state index in [1.165, 1.54) is 0 Å². The lowest BCUT2D eigenvalue weighted by molar-refractivity contribution is 0.187. The molecule has 0 aliphatic carbocycles. The van der Waals surface area contributed by atoms with Gasteiger partial charge in [0.25, 0.3) is 0 Å². The van der Waals surface area contributed by atoms with E-state index in [0.717, 1.165) is 31.2 Å². The van der Waals surface area contributed by atoms with Gasteiger partial charge >= 0.3 is 0 Å². The predicted molar refractivity (Wildman–Crippen MR) is 71.7 cm³/mol. The van der Waals surface area contributed by atoms with Gasteiger partial charge in [-0.15, -0.1) is 0 Å². The monoisotopic (exact) mass is 291 g/mol. The van der Waals surface area contributed by atoms with Crippen molar-refractivity contribution in [1.82, 2.24) is 4.37 Å². The molecule has 18 heavy (non-hydrogen) atoms. The summed E-state index contributed by atoms with van der Waals surface area (Å²) in [5, 5.41) is 3.68. The fourth-order valence-corrected chi connectivity index (χ4v) is 4.01. The van der Waals surface area contributed by atoms with Crippen LogP contribution >= 0.6 is 11.5 Å². The largest absolute Gasteiger partial charge is 0.382 e. The summed E-state index contributed by atoms with van der Waals surface area (Å²) in [6.07, 6.45) is 0.997. The molecule has 102 valence electrons. The Labute approximate surface area is 111 Å². The van der Waals surface area contributed by atoms with Gasteiger partial charge < -0.3 is 15.8 Å². The summed E-state index contributed by atoms with van der Waals surface area (Å²) in [4.78, 5) is 0.147. The Morgan fingerprint density at radius 2 is 2.39 bits per heavy atom. The van der Waals surface area contributed by atoms with Crippen LogP contribution in [-0.2, 0) is 14.6 Å². The van der Waals surface area contributed by atoms with Gasteiger partial charge in [0.15, 0.2) is 15.7 Å². The molecular formula is C10H17N3O3S2. The van der Waals surface area contributed by atoms with E-state index in [-0.39, 0.29) is 16.5 Å². The van der Waals surface area contributed by atoms with Crippen molar-refractivity contribution >= 4 is 32.2 Å². The first-order chi connectivity index (χ1) is 8.54. The number of sulfone groups is 1. The molecule has 0 radical (unpaired) electrons. The highest BCUT2D eigenvalue weighted by Gasteiger charge is 2.24. The number of rotatable bonds is 5. The van der Waals surface area contributed by atoms with E-state index in [4.69, 9.17) is 10.5 Å². The summed E-state index contributed by atoms with van der Waals surface area (Å²) in [6, 6.07) is 0. The van der Waals surface area contributed by atoms with Gasteiger partial charge in [0.05, 0.1) is 12.4 Å². The van der Waals surface area contributed by atoms with Gasteiger partial charge in [-0.25, -0.2) is 8.42 Å². The van der Waals surface area contributed by atoms with Gasteiger partial charge in [-0.05, 0) is 18.0 Å². The van der Waals surface area contributed by atoms with Gasteiger partial charge in [0, 0.05) is 19.1 Å². The first-order valence-electron chi connectivity index (χ1n) is 5.84. The van der Waals surface area contributed by atoms with E-state index in [0.29, 0.717) is 17.5 Å². The Morgan fingerprint density at radius 3 is 3.00 bits per heavy atom. The highest BCUT2D eigenvalue weighted by molar-refractivity contribution is 7.91. The molecule has 1 saturated heterocycles. The van der Waals surface area contributed by atoms with Gasteiger partial charge in [-0.1, -0.05) is 6.92 Å². The van der Waals surface area contributed by atoms with Crippen LogP contribution in [0.4, 0.5) is 10.8 Å². The van der Waals surface area contributed by atoms with Crippen LogP contribution in [0, 0.1) is 5.92 Å². The van der Waals surface area contributed by atoms with Crippen LogP contribution in [0.5, 0.6) is 0 Å². The molecule has 0 spiro atoms. The van der Waals surface area contributed by atoms with E-state index >= 15 is 0 Å². The highest BCUT2D eigenvalue weighted by atomic mass is 32.2. The van der Waals surface area contributed by atoms with Crippen molar-refractivity contribution in [2.75, 3.05) is 36.6 Å². The second kappa shape index (κ2) is 5.41. The number of nitrogen functional groups attached to an aromatic ring is 1. The zero-order valence-electron chi connectivity index (χ0n) is 10.2. The summed E-state index contributed by atoms with van der Waals surface area (Å²) >= 11 is 1.10. The van der Waals surface area contributed by atoms with Gasteiger partial charge in [-0.3, -0.25) is 0 Å². The molecule has 2 heterocycles. The molecule has 1 aromatic rings. The third kappa shape index (κ3) is 2.76. The Hall–Kier alpha value is -0.860. The summed E-state index contributed by atoms with van der Waals surface area (Å²) in [5.41, 5.74) is 5.64. The molecule has 1 aliphatic rings. The maximum absolute atomic E-state index is 11.9. The molecule has 1 fully saturated rings. The third-order valence-corrected chi connectivity index (χ3v) is 5.68. The molecule has 0 aromatic carbocycles. The highest BCUT2D eigenvalue weighted by Crippen LogP contribution is 2.32. The molecule has 3 N–H and O–H groups in total. The Kier molecular flexibility index (Phi) is 4.08. The number of nitrogens with one attached hydrogen (secondary N) is 1. The zero-order valence-corrected chi connectivity index (χ0v) is 11.8. The number of nitrogens with zero attached hydrogens (tertiary/aromatic N) is 1. The van der Waals surface area contributed by atoms with Gasteiger partial charge in [-0.2, -0.15) is 4.37 Å². The fourth-order valence-electron chi connectivity index (χ4n) is 1.83. The topological polar surface area (TPSA) is 94.3 Å². The molecule has 2 rings (SSSR count). The molecule has 1 atom stereocenters. The van der Waals surface area contributed by atoms with Crippen molar-refractivity contribution in [2.24, 2.45) is 5.92 Å². The zero-order chi connectivity index (χ0) is 13.2. The van der Waals surface area contributed by atoms with E-state index in [1.807, 2.05) is 0 Å². The summed E-state index contributed by atoms with van der Waals surface area (Å²) in [7, 11) is -3.33. The first-order valence-corrected chi connectivity index (χ1v) is 8.26. The standard InChI is InChI=1S/C10H17N3O3S2/c1-2-18(14,15)8-9(11)13-17-10(8)12-5-7-3-4-16-6-7/h7,12H,2-6H2,1H3,(H2,11,13). The maximum atomic E-state index is 11.9. The van der Waals surface area contributed by atoms with Crippen LogP contribution in [0.25, 0.3) is 0 Å². The quantitative estimate of drug-likeness (QED) is 0.839. The first kappa shape index (κ1) is 13.6. The lowest BCUT2D eigenvalue weighted by Gasteiger charge is -2.10. The van der Waals surface area contributed by atoms with E-state index in [1.54, 1.807) is 6.92 Å². The fraction of sp³-hybridized carbons (Fsp3) is 0.700. The van der Waals surface area contributed by atoms with E-state index in [2.05, 4.69) is 9.69 Å². The van der Waals surface area contributed by atoms with Crippen molar-refractivity contribution in [2.45, 2.75) is 18.2 Å². The summed E-state index contributed by atoms with van der Waals surface area (Å²) in [6.45, 7) is 3.78. The van der Waals surface area contributed by atoms with Gasteiger partial charge in [0.1, 0.15) is 9.90 Å². The number of hydrogen-bond acceptors (Lipinski definition) is 7. The third-order valence-electron chi connectivity index (χ3n) is 2.94. The summed E-state index contributed by atoms with van der Waals surface area (Å²) in [5.74, 6) is 0.536. The lowest BCUT2D eigenvalue weighted by atomic mass is 10.1. The molecule has 0 bridgehead atoms. The minimum atomic E-state index is -3.33. The van der Waals surface area contributed by atoms with Crippen molar-refractivity contribution in [3.05, 3.63) is 0 Å². The SMILES string of the molecule is CCS(=O)(=O)c1c(N)nsc1NCC1CCOC1. The Morgan fingerprint density at radius 1 is 1.61 bits per heavy atom. The average Bonchev–Trinajstić information content (AvgIpc) is 2.95. The number of nitrogens with two attached hydrogens (primary N) is 1. The Balaban J connectivity index is 2.13. The van der Waals surface area contributed by atoms with Crippen LogP contribution in [0.2, 0.25) is 0 Å². The van der Waals surface area contributed by atoms with Crippen LogP contribution < -0.4 is 11.1 Å². The maximum Gasteiger partial charge on any atom is 0.184 e. The molecule has 0 amide bonds. The second-order valence-electron chi connectivity index (χ2n) is 4.24. The summed E-state index contributed by atoms with van der Waals surface area (Å²) < 4.78 is 33.0. The van der Waals surface area contributed by atoms with Crippen molar-refractivity contribution in [1.29, 1.82) is 0 Å². The molecule has 8 heteroatoms. The molecule has 1 aliphatic heterocycles. The molecule has 0 saturated carbocycles. The number of aromatic nitrogens is 1. The average molecular weight is 291 g/mol. The normalized spacial score (nSPS) is 20.2. The number of hydrogen-bond donors (Lipinski definition) is 2. The van der Waals surface area contributed by atoms with Crippen molar-refractivity contribution in [3.8, 4) is 0 Å². The second-order valence-corrected chi connectivity index (χ2v) is 7.23. The molecular weight excluding hydrogens is 274 g/mol. The molecule has 6 nitrogen and oxygen atoms in total. The van der Waals surface area contributed by atoms with Crippen LogP contribution in [0.15, 0.2) is 4.90 Å². The van der Waals surface area contributed by atoms with Crippen molar-refractivity contribution < 1.29 is 13.2 Å². The predicted octanol–water partition coefficient (Wildman–Crippen LogP) is 0.967. The van der Waals surface area contributed by atoms with E-state index < -0.39 is 9.84 Å². The number of anilines is 2. The molecule has 1 aromatic heterocycles. The van der Waals surface area contributed by atoms with Crippen LogP contribution in [-0.4, -0.2) is 38.3 Å². The molecule has 1 unspecified atom stereocenters. The van der Waals surface area contributed by atoms with E-state index in [9.17, 15) is 8.42 Å². The van der Waals surface area contributed by atoms with Crippen LogP contribution in [0.3, 0.4) is 0 Å². The van der Waals surface area contributed by atoms with Crippen LogP contribution in [0.1, 0.15) is 13.3 Å². The lowest BCUT2D eigenvalue weighted by Crippen LogP contribution is -2.15.